The first-order chi connectivity index (χ1) is 17.5. The number of pyridine rings is 1. The number of rotatable bonds is 4. The van der Waals surface area contributed by atoms with E-state index in [-0.39, 0.29) is 5.91 Å². The summed E-state index contributed by atoms with van der Waals surface area (Å²) in [5, 5.41) is 7.81. The summed E-state index contributed by atoms with van der Waals surface area (Å²) < 4.78 is 8.06. The second-order valence-corrected chi connectivity index (χ2v) is 9.67. The highest BCUT2D eigenvalue weighted by Crippen LogP contribution is 2.42. The van der Waals surface area contributed by atoms with Gasteiger partial charge in [-0.2, -0.15) is 5.10 Å². The van der Waals surface area contributed by atoms with Crippen LogP contribution >= 0.6 is 0 Å². The molecule has 3 aliphatic rings. The van der Waals surface area contributed by atoms with Crippen molar-refractivity contribution < 1.29 is 9.53 Å². The summed E-state index contributed by atoms with van der Waals surface area (Å²) in [5.74, 6) is 4.68. The van der Waals surface area contributed by atoms with Crippen LogP contribution in [0.1, 0.15) is 29.0 Å². The van der Waals surface area contributed by atoms with Crippen LogP contribution in [0, 0.1) is 12.3 Å². The third-order valence-corrected chi connectivity index (χ3v) is 7.50. The Morgan fingerprint density at radius 2 is 2.19 bits per heavy atom. The second-order valence-electron chi connectivity index (χ2n) is 9.67. The third kappa shape index (κ3) is 3.82. The molecule has 1 amide bonds. The Labute approximate surface area is 210 Å². The molecule has 1 atom stereocenters. The fourth-order valence-corrected chi connectivity index (χ4v) is 5.48. The number of ether oxygens (including phenoxy) is 1. The summed E-state index contributed by atoms with van der Waals surface area (Å²) in [6.07, 6.45) is 14.0. The van der Waals surface area contributed by atoms with Crippen molar-refractivity contribution >= 4 is 17.4 Å². The predicted octanol–water partition coefficient (Wildman–Crippen LogP) is 3.29. The molecule has 2 fully saturated rings. The number of hydrogen-bond donors (Lipinski definition) is 1. The first kappa shape index (κ1) is 22.4. The molecule has 8 heteroatoms. The highest BCUT2D eigenvalue weighted by atomic mass is 16.5. The number of terminal acetylenes is 1. The first-order valence-electron chi connectivity index (χ1n) is 12.2. The number of amides is 1. The average Bonchev–Trinajstić information content (AvgIpc) is 3.47. The SMILES string of the molecule is C#Cc1cc(C2CN([C@H]3CCN(C(=O)C=C)C3)C2)cc2c1OCc1c(-c3cnn(C)c3)ccnc1N2. The number of fused-ring (bicyclic) bond motifs is 2. The van der Waals surface area contributed by atoms with E-state index in [0.717, 1.165) is 66.4 Å². The lowest BCUT2D eigenvalue weighted by atomic mass is 9.88. The van der Waals surface area contributed by atoms with E-state index in [1.54, 1.807) is 10.9 Å². The van der Waals surface area contributed by atoms with Gasteiger partial charge < -0.3 is 15.0 Å². The van der Waals surface area contributed by atoms with Crippen LogP contribution < -0.4 is 10.1 Å². The van der Waals surface area contributed by atoms with E-state index in [2.05, 4.69) is 44.9 Å². The lowest BCUT2D eigenvalue weighted by Crippen LogP contribution is -2.51. The minimum absolute atomic E-state index is 0.0191. The predicted molar refractivity (Wildman–Crippen MR) is 138 cm³/mol. The number of aryl methyl sites for hydroxylation is 1. The van der Waals surface area contributed by atoms with Crippen molar-refractivity contribution in [3.8, 4) is 29.2 Å². The van der Waals surface area contributed by atoms with Crippen LogP contribution in [0.5, 0.6) is 5.75 Å². The number of nitrogens with zero attached hydrogens (tertiary/aromatic N) is 5. The number of aromatic nitrogens is 3. The van der Waals surface area contributed by atoms with Crippen LogP contribution in [0.2, 0.25) is 0 Å². The van der Waals surface area contributed by atoms with Crippen molar-refractivity contribution in [3.05, 3.63) is 66.1 Å². The Morgan fingerprint density at radius 1 is 1.33 bits per heavy atom. The molecule has 0 saturated carbocycles. The first-order valence-corrected chi connectivity index (χ1v) is 12.2. The molecule has 36 heavy (non-hydrogen) atoms. The van der Waals surface area contributed by atoms with Crippen molar-refractivity contribution in [2.24, 2.45) is 7.05 Å². The molecule has 2 aromatic heterocycles. The van der Waals surface area contributed by atoms with E-state index in [1.165, 1.54) is 11.6 Å². The van der Waals surface area contributed by atoms with Crippen LogP contribution in [0.4, 0.5) is 11.5 Å². The zero-order valence-electron chi connectivity index (χ0n) is 20.3. The molecular weight excluding hydrogens is 452 g/mol. The fraction of sp³-hybridized carbons (Fsp3) is 0.321. The topological polar surface area (TPSA) is 75.5 Å². The van der Waals surface area contributed by atoms with Gasteiger partial charge in [0, 0.05) is 68.7 Å². The largest absolute Gasteiger partial charge is 0.485 e. The number of carbonyl (C=O) groups excluding carboxylic acids is 1. The summed E-state index contributed by atoms with van der Waals surface area (Å²) in [6.45, 7) is 7.44. The molecule has 1 N–H and O–H groups in total. The van der Waals surface area contributed by atoms with Gasteiger partial charge >= 0.3 is 0 Å². The maximum Gasteiger partial charge on any atom is 0.246 e. The van der Waals surface area contributed by atoms with Gasteiger partial charge in [0.2, 0.25) is 5.91 Å². The zero-order chi connectivity index (χ0) is 24.8. The van der Waals surface area contributed by atoms with Crippen LogP contribution in [-0.2, 0) is 18.4 Å². The summed E-state index contributed by atoms with van der Waals surface area (Å²) in [5.41, 5.74) is 5.80. The van der Waals surface area contributed by atoms with E-state index in [4.69, 9.17) is 11.2 Å². The minimum atomic E-state index is 0.0191. The number of likely N-dealkylation sites (tertiary alicyclic amines) is 2. The maximum atomic E-state index is 11.9. The molecule has 0 radical (unpaired) electrons. The van der Waals surface area contributed by atoms with Crippen molar-refractivity contribution in [2.45, 2.75) is 25.0 Å². The highest BCUT2D eigenvalue weighted by Gasteiger charge is 2.38. The summed E-state index contributed by atoms with van der Waals surface area (Å²) in [7, 11) is 1.90. The molecule has 0 unspecified atom stereocenters. The van der Waals surface area contributed by atoms with Crippen LogP contribution in [0.25, 0.3) is 11.1 Å². The van der Waals surface area contributed by atoms with Crippen molar-refractivity contribution in [3.63, 3.8) is 0 Å². The van der Waals surface area contributed by atoms with E-state index < -0.39 is 0 Å². The molecule has 0 aliphatic carbocycles. The van der Waals surface area contributed by atoms with Crippen molar-refractivity contribution in [2.75, 3.05) is 31.5 Å². The van der Waals surface area contributed by atoms with Gasteiger partial charge in [-0.05, 0) is 41.8 Å². The highest BCUT2D eigenvalue weighted by molar-refractivity contribution is 5.87. The Balaban J connectivity index is 1.23. The number of benzene rings is 1. The molecular formula is C28H28N6O2. The molecule has 1 aromatic carbocycles. The lowest BCUT2D eigenvalue weighted by molar-refractivity contribution is -0.125. The molecule has 8 nitrogen and oxygen atoms in total. The summed E-state index contributed by atoms with van der Waals surface area (Å²) >= 11 is 0. The summed E-state index contributed by atoms with van der Waals surface area (Å²) in [4.78, 5) is 20.9. The molecule has 0 spiro atoms. The van der Waals surface area contributed by atoms with Crippen molar-refractivity contribution in [1.29, 1.82) is 0 Å². The van der Waals surface area contributed by atoms with Gasteiger partial charge in [0.1, 0.15) is 12.4 Å². The maximum absolute atomic E-state index is 11.9. The van der Waals surface area contributed by atoms with Gasteiger partial charge in [0.05, 0.1) is 17.4 Å². The molecule has 2 saturated heterocycles. The third-order valence-electron chi connectivity index (χ3n) is 7.50. The normalized spacial score (nSPS) is 19.2. The van der Waals surface area contributed by atoms with Crippen LogP contribution in [0.3, 0.4) is 0 Å². The van der Waals surface area contributed by atoms with E-state index in [0.29, 0.717) is 24.3 Å². The average molecular weight is 481 g/mol. The molecule has 3 aromatic rings. The molecule has 0 bridgehead atoms. The van der Waals surface area contributed by atoms with E-state index >= 15 is 0 Å². The quantitative estimate of drug-likeness (QED) is 0.456. The number of anilines is 2. The molecule has 3 aliphatic heterocycles. The van der Waals surface area contributed by atoms with Gasteiger partial charge in [0.25, 0.3) is 0 Å². The van der Waals surface area contributed by atoms with Gasteiger partial charge in [-0.1, -0.05) is 12.5 Å². The van der Waals surface area contributed by atoms with Gasteiger partial charge in [0.15, 0.2) is 5.75 Å². The fourth-order valence-electron chi connectivity index (χ4n) is 5.48. The Bertz CT molecular complexity index is 1400. The van der Waals surface area contributed by atoms with Crippen LogP contribution in [-0.4, -0.2) is 62.7 Å². The van der Waals surface area contributed by atoms with E-state index in [1.807, 2.05) is 30.4 Å². The molecule has 5 heterocycles. The van der Waals surface area contributed by atoms with Gasteiger partial charge in [-0.3, -0.25) is 14.4 Å². The standard InChI is InChI=1S/C28H28N6O2/c1-4-18-10-19(21-14-34(15-21)22-7-9-33(16-22)26(35)5-2)11-25-27(18)36-17-24-23(6-8-29-28(24)31-25)20-12-30-32(3)13-20/h1,5-6,8,10-13,21-22H,2,7,9,14-17H2,3H3,(H,29,31)/t22-/m0/s1. The minimum Gasteiger partial charge on any atom is -0.485 e. The Morgan fingerprint density at radius 3 is 2.94 bits per heavy atom. The lowest BCUT2D eigenvalue weighted by Gasteiger charge is -2.43. The second kappa shape index (κ2) is 8.85. The molecule has 182 valence electrons. The van der Waals surface area contributed by atoms with Gasteiger partial charge in [-0.25, -0.2) is 4.98 Å². The van der Waals surface area contributed by atoms with Crippen molar-refractivity contribution in [1.82, 2.24) is 24.6 Å². The Kier molecular flexibility index (Phi) is 5.50. The van der Waals surface area contributed by atoms with Crippen LogP contribution in [0.15, 0.2) is 49.4 Å². The summed E-state index contributed by atoms with van der Waals surface area (Å²) in [6, 6.07) is 6.62. The molecule has 6 rings (SSSR count). The smallest absolute Gasteiger partial charge is 0.246 e. The van der Waals surface area contributed by atoms with Gasteiger partial charge in [-0.15, -0.1) is 6.42 Å². The zero-order valence-corrected chi connectivity index (χ0v) is 20.3. The van der Waals surface area contributed by atoms with E-state index in [9.17, 15) is 4.79 Å². The Hall–Kier alpha value is -4.09. The number of hydrogen-bond acceptors (Lipinski definition) is 6. The number of carbonyl (C=O) groups is 1. The number of nitrogens with one attached hydrogen (secondary N) is 1. The monoisotopic (exact) mass is 480 g/mol.